The maximum atomic E-state index is 11.2. The number of aromatic carboxylic acids is 1. The topological polar surface area (TPSA) is 90.1 Å². The van der Waals surface area contributed by atoms with E-state index < -0.39 is 5.97 Å². The average Bonchev–Trinajstić information content (AvgIpc) is 2.53. The van der Waals surface area contributed by atoms with E-state index in [1.54, 1.807) is 18.3 Å². The Bertz CT molecular complexity index is 752. The van der Waals surface area contributed by atoms with E-state index in [1.165, 1.54) is 6.20 Å². The third kappa shape index (κ3) is 2.30. The van der Waals surface area contributed by atoms with Crippen LogP contribution < -0.4 is 4.90 Å². The molecule has 21 heavy (non-hydrogen) atoms. The lowest BCUT2D eigenvalue weighted by Gasteiger charge is -2.30. The molecule has 0 radical (unpaired) electrons. The van der Waals surface area contributed by atoms with Crippen LogP contribution in [0.1, 0.15) is 27.2 Å². The summed E-state index contributed by atoms with van der Waals surface area (Å²) in [5, 5.41) is 18.3. The molecule has 1 aliphatic rings. The predicted molar refractivity (Wildman–Crippen MR) is 74.9 cm³/mol. The largest absolute Gasteiger partial charge is 0.478 e. The van der Waals surface area contributed by atoms with Crippen LogP contribution in [0, 0.1) is 11.3 Å². The minimum Gasteiger partial charge on any atom is -0.478 e. The summed E-state index contributed by atoms with van der Waals surface area (Å²) < 4.78 is 0. The molecule has 104 valence electrons. The highest BCUT2D eigenvalue weighted by Gasteiger charge is 2.23. The summed E-state index contributed by atoms with van der Waals surface area (Å²) >= 11 is 0. The predicted octanol–water partition coefficient (Wildman–Crippen LogP) is 1.61. The van der Waals surface area contributed by atoms with Crippen molar-refractivity contribution in [2.24, 2.45) is 0 Å². The summed E-state index contributed by atoms with van der Waals surface area (Å²) in [4.78, 5) is 21.4. The molecule has 0 atom stereocenters. The Labute approximate surface area is 121 Å². The molecule has 0 spiro atoms. The molecule has 1 aliphatic heterocycles. The molecule has 0 saturated carbocycles. The van der Waals surface area contributed by atoms with Crippen LogP contribution in [-0.4, -0.2) is 27.6 Å². The third-order valence-corrected chi connectivity index (χ3v) is 3.58. The monoisotopic (exact) mass is 280 g/mol. The quantitative estimate of drug-likeness (QED) is 0.898. The zero-order valence-corrected chi connectivity index (χ0v) is 11.2. The first-order valence-electron chi connectivity index (χ1n) is 6.51. The van der Waals surface area contributed by atoms with E-state index in [9.17, 15) is 9.90 Å². The van der Waals surface area contributed by atoms with Gasteiger partial charge < -0.3 is 10.0 Å². The summed E-state index contributed by atoms with van der Waals surface area (Å²) in [6.45, 7) is 1.15. The highest BCUT2D eigenvalue weighted by Crippen LogP contribution is 2.26. The van der Waals surface area contributed by atoms with Crippen molar-refractivity contribution in [3.63, 3.8) is 0 Å². The molecule has 2 aromatic rings. The third-order valence-electron chi connectivity index (χ3n) is 3.58. The van der Waals surface area contributed by atoms with Crippen molar-refractivity contribution in [2.45, 2.75) is 13.0 Å². The maximum absolute atomic E-state index is 11.2. The Kier molecular flexibility index (Phi) is 3.24. The van der Waals surface area contributed by atoms with Crippen molar-refractivity contribution in [3.8, 4) is 6.07 Å². The fourth-order valence-electron chi connectivity index (χ4n) is 2.63. The molecule has 0 bridgehead atoms. The van der Waals surface area contributed by atoms with Crippen LogP contribution in [0.4, 0.5) is 5.82 Å². The molecule has 0 saturated heterocycles. The molecule has 6 heteroatoms. The van der Waals surface area contributed by atoms with E-state index >= 15 is 0 Å². The number of anilines is 1. The average molecular weight is 280 g/mol. The fourth-order valence-corrected chi connectivity index (χ4v) is 2.63. The Morgan fingerprint density at radius 3 is 2.90 bits per heavy atom. The van der Waals surface area contributed by atoms with Gasteiger partial charge >= 0.3 is 5.97 Å². The van der Waals surface area contributed by atoms with E-state index in [1.807, 2.05) is 17.0 Å². The van der Waals surface area contributed by atoms with Gasteiger partial charge in [0.2, 0.25) is 0 Å². The standard InChI is InChI=1S/C15H12N4O2/c16-8-13-14(18-6-5-17-13)19-7-4-11-10(9-19)2-1-3-12(11)15(20)21/h1-3,5-6H,4,7,9H2,(H,20,21). The first-order valence-corrected chi connectivity index (χ1v) is 6.51. The second kappa shape index (κ2) is 5.21. The number of fused-ring (bicyclic) bond motifs is 1. The van der Waals surface area contributed by atoms with Crippen LogP contribution in [-0.2, 0) is 13.0 Å². The minimum absolute atomic E-state index is 0.287. The number of aromatic nitrogens is 2. The van der Waals surface area contributed by atoms with Gasteiger partial charge in [-0.05, 0) is 23.6 Å². The summed E-state index contributed by atoms with van der Waals surface area (Å²) in [5.41, 5.74) is 2.46. The zero-order valence-electron chi connectivity index (χ0n) is 11.2. The van der Waals surface area contributed by atoms with Crippen LogP contribution in [0.3, 0.4) is 0 Å². The number of rotatable bonds is 2. The normalized spacial score (nSPS) is 13.4. The van der Waals surface area contributed by atoms with Crippen LogP contribution >= 0.6 is 0 Å². The molecule has 0 amide bonds. The minimum atomic E-state index is -0.905. The highest BCUT2D eigenvalue weighted by atomic mass is 16.4. The van der Waals surface area contributed by atoms with Crippen LogP contribution in [0.5, 0.6) is 0 Å². The van der Waals surface area contributed by atoms with Gasteiger partial charge in [-0.2, -0.15) is 5.26 Å². The number of nitriles is 1. The van der Waals surface area contributed by atoms with Gasteiger partial charge in [0.05, 0.1) is 5.56 Å². The zero-order chi connectivity index (χ0) is 14.8. The summed E-state index contributed by atoms with van der Waals surface area (Å²) in [7, 11) is 0. The second-order valence-electron chi connectivity index (χ2n) is 4.76. The molecule has 1 N–H and O–H groups in total. The number of hydrogen-bond acceptors (Lipinski definition) is 5. The van der Waals surface area contributed by atoms with Gasteiger partial charge in [0.25, 0.3) is 0 Å². The van der Waals surface area contributed by atoms with Crippen molar-refractivity contribution in [3.05, 3.63) is 53.0 Å². The lowest BCUT2D eigenvalue weighted by atomic mass is 9.94. The summed E-state index contributed by atoms with van der Waals surface area (Å²) in [6.07, 6.45) is 3.65. The number of nitrogens with zero attached hydrogens (tertiary/aromatic N) is 4. The number of benzene rings is 1. The molecule has 1 aromatic heterocycles. The van der Waals surface area contributed by atoms with Crippen molar-refractivity contribution < 1.29 is 9.90 Å². The Morgan fingerprint density at radius 1 is 1.33 bits per heavy atom. The fraction of sp³-hybridized carbons (Fsp3) is 0.200. The van der Waals surface area contributed by atoms with Gasteiger partial charge in [-0.1, -0.05) is 12.1 Å². The van der Waals surface area contributed by atoms with Crippen molar-refractivity contribution in [1.82, 2.24) is 9.97 Å². The SMILES string of the molecule is N#Cc1nccnc1N1CCc2c(cccc2C(=O)O)C1. The van der Waals surface area contributed by atoms with Crippen molar-refractivity contribution in [2.75, 3.05) is 11.4 Å². The number of carbonyl (C=O) groups is 1. The van der Waals surface area contributed by atoms with Crippen molar-refractivity contribution in [1.29, 1.82) is 5.26 Å². The van der Waals surface area contributed by atoms with Crippen molar-refractivity contribution >= 4 is 11.8 Å². The molecule has 0 unspecified atom stereocenters. The van der Waals surface area contributed by atoms with Crippen LogP contribution in [0.2, 0.25) is 0 Å². The highest BCUT2D eigenvalue weighted by molar-refractivity contribution is 5.90. The lowest BCUT2D eigenvalue weighted by Crippen LogP contribution is -2.32. The van der Waals surface area contributed by atoms with Gasteiger partial charge in [-0.25, -0.2) is 14.8 Å². The second-order valence-corrected chi connectivity index (χ2v) is 4.76. The molecule has 0 aliphatic carbocycles. The van der Waals surface area contributed by atoms with Gasteiger partial charge in [0.15, 0.2) is 11.5 Å². The Hall–Kier alpha value is -2.94. The molecule has 2 heterocycles. The first-order chi connectivity index (χ1) is 10.2. The first kappa shape index (κ1) is 13.1. The summed E-state index contributed by atoms with van der Waals surface area (Å²) in [5.74, 6) is -0.358. The van der Waals surface area contributed by atoms with Gasteiger partial charge in [0.1, 0.15) is 6.07 Å². The smallest absolute Gasteiger partial charge is 0.335 e. The number of carboxylic acid groups (broad SMARTS) is 1. The molecule has 6 nitrogen and oxygen atoms in total. The molecule has 1 aromatic carbocycles. The molecule has 3 rings (SSSR count). The Morgan fingerprint density at radius 2 is 2.14 bits per heavy atom. The Balaban J connectivity index is 1.97. The van der Waals surface area contributed by atoms with E-state index in [2.05, 4.69) is 9.97 Å². The van der Waals surface area contributed by atoms with Gasteiger partial charge in [-0.15, -0.1) is 0 Å². The van der Waals surface area contributed by atoms with Gasteiger partial charge in [-0.3, -0.25) is 0 Å². The van der Waals surface area contributed by atoms with E-state index in [4.69, 9.17) is 5.26 Å². The van der Waals surface area contributed by atoms with Crippen LogP contribution in [0.15, 0.2) is 30.6 Å². The summed E-state index contributed by atoms with van der Waals surface area (Å²) in [6, 6.07) is 7.32. The van der Waals surface area contributed by atoms with E-state index in [-0.39, 0.29) is 5.69 Å². The van der Waals surface area contributed by atoms with E-state index in [0.717, 1.165) is 11.1 Å². The molecular formula is C15H12N4O2. The van der Waals surface area contributed by atoms with E-state index in [0.29, 0.717) is 30.9 Å². The number of hydrogen-bond donors (Lipinski definition) is 1. The maximum Gasteiger partial charge on any atom is 0.335 e. The lowest BCUT2D eigenvalue weighted by molar-refractivity contribution is 0.0695. The van der Waals surface area contributed by atoms with Crippen LogP contribution in [0.25, 0.3) is 0 Å². The number of carboxylic acids is 1. The van der Waals surface area contributed by atoms with Gasteiger partial charge in [0, 0.05) is 25.5 Å². The molecular weight excluding hydrogens is 268 g/mol. The molecule has 0 fully saturated rings.